The molecule has 2 heteroatoms. The standard InChI is InChI=1S/C7H10N2/c1-2-6-3-7(8)5-9-4-6/h3-5H,2,8H2,1H3/i1D3,2D2,3D,4D,5D. The number of anilines is 1. The third-order valence-corrected chi connectivity index (χ3v) is 0.729. The molecular formula is C7H10N2. The van der Waals surface area contributed by atoms with Crippen LogP contribution in [0.5, 0.6) is 0 Å². The molecule has 0 amide bonds. The first-order valence-corrected chi connectivity index (χ1v) is 2.24. The Balaban J connectivity index is 3.58. The minimum atomic E-state index is -3.05. The van der Waals surface area contributed by atoms with E-state index < -0.39 is 42.9 Å². The molecule has 0 saturated heterocycles. The molecule has 0 radical (unpaired) electrons. The van der Waals surface area contributed by atoms with Crippen LogP contribution in [-0.2, 0) is 6.37 Å². The molecule has 0 aromatic carbocycles. The first kappa shape index (κ1) is 1.51. The number of nitrogens with zero attached hydrogens (tertiary/aromatic N) is 1. The fourth-order valence-corrected chi connectivity index (χ4v) is 0.394. The van der Waals surface area contributed by atoms with E-state index >= 15 is 0 Å². The minimum Gasteiger partial charge on any atom is -0.397 e. The molecule has 0 unspecified atom stereocenters. The molecule has 0 aliphatic carbocycles. The molecule has 0 aliphatic heterocycles. The highest BCUT2D eigenvalue weighted by molar-refractivity contribution is 5.36. The van der Waals surface area contributed by atoms with Crippen molar-refractivity contribution in [3.8, 4) is 0 Å². The predicted molar refractivity (Wildman–Crippen MR) is 38.0 cm³/mol. The van der Waals surface area contributed by atoms with Crippen molar-refractivity contribution in [3.05, 3.63) is 24.0 Å². The molecule has 0 atom stereocenters. The number of rotatable bonds is 1. The Morgan fingerprint density at radius 1 is 2.00 bits per heavy atom. The number of aromatic nitrogens is 1. The van der Waals surface area contributed by atoms with Crippen molar-refractivity contribution >= 4 is 5.69 Å². The van der Waals surface area contributed by atoms with Crippen LogP contribution in [0.3, 0.4) is 0 Å². The van der Waals surface area contributed by atoms with Gasteiger partial charge in [-0.3, -0.25) is 4.98 Å². The van der Waals surface area contributed by atoms with E-state index in [1.165, 1.54) is 0 Å². The van der Waals surface area contributed by atoms with Crippen molar-refractivity contribution in [2.24, 2.45) is 0 Å². The third-order valence-electron chi connectivity index (χ3n) is 0.729. The summed E-state index contributed by atoms with van der Waals surface area (Å²) in [6.07, 6.45) is -4.20. The van der Waals surface area contributed by atoms with Gasteiger partial charge in [0.15, 0.2) is 0 Å². The van der Waals surface area contributed by atoms with E-state index in [1.807, 2.05) is 0 Å². The van der Waals surface area contributed by atoms with Gasteiger partial charge in [0, 0.05) is 19.2 Å². The molecule has 0 spiro atoms. The van der Waals surface area contributed by atoms with Gasteiger partial charge in [-0.05, 0) is 18.0 Å². The van der Waals surface area contributed by atoms with Crippen LogP contribution in [0.15, 0.2) is 18.4 Å². The molecule has 9 heavy (non-hydrogen) atoms. The van der Waals surface area contributed by atoms with E-state index in [9.17, 15) is 0 Å². The zero-order valence-electron chi connectivity index (χ0n) is 12.5. The van der Waals surface area contributed by atoms with Crippen LogP contribution in [0, 0.1) is 0 Å². The Morgan fingerprint density at radius 3 is 3.67 bits per heavy atom. The third kappa shape index (κ3) is 1.42. The van der Waals surface area contributed by atoms with E-state index in [0.717, 1.165) is 0 Å². The van der Waals surface area contributed by atoms with Gasteiger partial charge >= 0.3 is 0 Å². The van der Waals surface area contributed by atoms with Crippen molar-refractivity contribution in [1.82, 2.24) is 4.98 Å². The summed E-state index contributed by atoms with van der Waals surface area (Å²) in [6.45, 7) is -3.05. The highest BCUT2D eigenvalue weighted by Gasteiger charge is 1.87. The van der Waals surface area contributed by atoms with Gasteiger partial charge in [-0.2, -0.15) is 0 Å². The van der Waals surface area contributed by atoms with Gasteiger partial charge in [0.25, 0.3) is 0 Å². The highest BCUT2D eigenvalue weighted by Crippen LogP contribution is 2.02. The van der Waals surface area contributed by atoms with Crippen LogP contribution >= 0.6 is 0 Å². The second kappa shape index (κ2) is 2.49. The largest absolute Gasteiger partial charge is 0.397 e. The van der Waals surface area contributed by atoms with E-state index in [-0.39, 0.29) is 0 Å². The minimum absolute atomic E-state index is 0.441. The van der Waals surface area contributed by atoms with Crippen LogP contribution in [0.25, 0.3) is 0 Å². The fourth-order valence-electron chi connectivity index (χ4n) is 0.394. The van der Waals surface area contributed by atoms with Gasteiger partial charge in [-0.1, -0.05) is 6.85 Å². The van der Waals surface area contributed by atoms with Crippen molar-refractivity contribution in [3.63, 3.8) is 0 Å². The van der Waals surface area contributed by atoms with Gasteiger partial charge in [-0.25, -0.2) is 0 Å². The van der Waals surface area contributed by atoms with E-state index in [4.69, 9.17) is 16.7 Å². The van der Waals surface area contributed by atoms with Crippen LogP contribution in [0.2, 0.25) is 0 Å². The number of nitrogens with two attached hydrogens (primary N) is 1. The zero-order valence-corrected chi connectivity index (χ0v) is 4.52. The van der Waals surface area contributed by atoms with Crippen molar-refractivity contribution in [2.45, 2.75) is 13.2 Å². The summed E-state index contributed by atoms with van der Waals surface area (Å²) in [5.74, 6) is 0. The zero-order chi connectivity index (χ0) is 13.6. The van der Waals surface area contributed by atoms with Gasteiger partial charge in [0.1, 0.15) is 0 Å². The molecule has 2 N–H and O–H groups in total. The molecule has 1 heterocycles. The Morgan fingerprint density at radius 2 is 2.89 bits per heavy atom. The lowest BCUT2D eigenvalue weighted by Crippen LogP contribution is -1.88. The van der Waals surface area contributed by atoms with Crippen LogP contribution in [-0.4, -0.2) is 4.98 Å². The molecule has 48 valence electrons. The smallest absolute Gasteiger partial charge is 0.0862 e. The van der Waals surface area contributed by atoms with Crippen molar-refractivity contribution in [2.75, 3.05) is 5.73 Å². The van der Waals surface area contributed by atoms with Crippen molar-refractivity contribution in [1.29, 1.82) is 0 Å². The van der Waals surface area contributed by atoms with Gasteiger partial charge in [0.05, 0.1) is 9.80 Å². The lowest BCUT2D eigenvalue weighted by atomic mass is 10.2. The van der Waals surface area contributed by atoms with Gasteiger partial charge < -0.3 is 5.73 Å². The molecule has 0 aliphatic rings. The van der Waals surface area contributed by atoms with E-state index in [2.05, 4.69) is 4.98 Å². The first-order valence-electron chi connectivity index (χ1n) is 6.24. The monoisotopic (exact) mass is 130 g/mol. The van der Waals surface area contributed by atoms with E-state index in [0.29, 0.717) is 0 Å². The molecule has 2 nitrogen and oxygen atoms in total. The molecule has 1 rings (SSSR count). The maximum Gasteiger partial charge on any atom is 0.0862 e. The summed E-state index contributed by atoms with van der Waals surface area (Å²) in [4.78, 5) is 3.31. The SMILES string of the molecule is [2H]c1nc([2H])c(C([2H])([2H])C([2H])([2H])[2H])c([2H])c1N. The summed E-state index contributed by atoms with van der Waals surface area (Å²) in [5, 5.41) is 0. The summed E-state index contributed by atoms with van der Waals surface area (Å²) in [6, 6.07) is -0.670. The predicted octanol–water partition coefficient (Wildman–Crippen LogP) is 1.23. The molecule has 1 aromatic heterocycles. The maximum absolute atomic E-state index is 7.52. The van der Waals surface area contributed by atoms with Gasteiger partial charge in [0.2, 0.25) is 0 Å². The van der Waals surface area contributed by atoms with Crippen molar-refractivity contribution < 1.29 is 11.0 Å². The number of pyridine rings is 1. The highest BCUT2D eigenvalue weighted by atomic mass is 14.7. The Kier molecular flexibility index (Phi) is 0.417. The number of hydrogen-bond donors (Lipinski definition) is 1. The quantitative estimate of drug-likeness (QED) is 0.621. The fraction of sp³-hybridized carbons (Fsp3) is 0.286. The summed E-state index contributed by atoms with van der Waals surface area (Å²) in [7, 11) is 0. The molecule has 1 aromatic rings. The normalized spacial score (nSPS) is 25.3. The maximum atomic E-state index is 7.52. The topological polar surface area (TPSA) is 38.9 Å². The van der Waals surface area contributed by atoms with Crippen LogP contribution < -0.4 is 5.73 Å². The summed E-state index contributed by atoms with van der Waals surface area (Å²) < 4.78 is 58.3. The van der Waals surface area contributed by atoms with E-state index in [1.54, 1.807) is 0 Å². The molecule has 0 bridgehead atoms. The lowest BCUT2D eigenvalue weighted by molar-refractivity contribution is 1.11. The van der Waals surface area contributed by atoms with Crippen LogP contribution in [0.1, 0.15) is 23.4 Å². The number of hydrogen-bond acceptors (Lipinski definition) is 2. The van der Waals surface area contributed by atoms with Crippen LogP contribution in [0.4, 0.5) is 5.69 Å². The Labute approximate surface area is 66.0 Å². The average Bonchev–Trinajstić information content (AvgIpc) is 2.12. The lowest BCUT2D eigenvalue weighted by Gasteiger charge is -1.94. The molecular weight excluding hydrogens is 112 g/mol. The second-order valence-corrected chi connectivity index (χ2v) is 1.37. The molecule has 0 fully saturated rings. The molecule has 0 saturated carbocycles. The average molecular weight is 130 g/mol. The number of nitrogen functional groups attached to an aromatic ring is 1. The Bertz CT molecular complexity index is 452. The Hall–Kier alpha value is -1.05. The van der Waals surface area contributed by atoms with Gasteiger partial charge in [-0.15, -0.1) is 0 Å². The summed E-state index contributed by atoms with van der Waals surface area (Å²) >= 11 is 0. The first-order chi connectivity index (χ1) is 7.50. The summed E-state index contributed by atoms with van der Waals surface area (Å²) in [5.41, 5.74) is 4.16. The second-order valence-electron chi connectivity index (χ2n) is 1.37.